The monoisotopic (exact) mass is 170 g/mol. The molecule has 0 bridgehead atoms. The van der Waals surface area contributed by atoms with Crippen molar-refractivity contribution in [3.8, 4) is 0 Å². The van der Waals surface area contributed by atoms with Crippen LogP contribution in [0.4, 0.5) is 0 Å². The third-order valence-corrected chi connectivity index (χ3v) is 2.99. The molecule has 3 N–H and O–H groups in total. The van der Waals surface area contributed by atoms with E-state index in [1.54, 1.807) is 0 Å². The number of likely N-dealkylation sites (tertiary alicyclic amines) is 1. The Morgan fingerprint density at radius 3 is 2.25 bits per heavy atom. The second kappa shape index (κ2) is 3.32. The molecule has 0 spiro atoms. The van der Waals surface area contributed by atoms with E-state index in [1.807, 2.05) is 0 Å². The van der Waals surface area contributed by atoms with Gasteiger partial charge in [0, 0.05) is 19.1 Å². The van der Waals surface area contributed by atoms with Gasteiger partial charge in [0.15, 0.2) is 0 Å². The largest absolute Gasteiger partial charge is 0.378 e. The van der Waals surface area contributed by atoms with Gasteiger partial charge in [-0.05, 0) is 31.6 Å². The molecule has 1 saturated carbocycles. The first-order valence-corrected chi connectivity index (χ1v) is 4.95. The fourth-order valence-corrected chi connectivity index (χ4v) is 1.88. The molecule has 2 rings (SSSR count). The number of rotatable bonds is 2. The third-order valence-electron chi connectivity index (χ3n) is 2.99. The molecule has 1 heterocycles. The molecule has 1 saturated heterocycles. The van der Waals surface area contributed by atoms with Gasteiger partial charge >= 0.3 is 0 Å². The van der Waals surface area contributed by atoms with Gasteiger partial charge in [-0.3, -0.25) is 4.90 Å². The number of hydrogen-bond donors (Lipinski definition) is 2. The molecule has 1 aliphatic heterocycles. The van der Waals surface area contributed by atoms with E-state index < -0.39 is 0 Å². The van der Waals surface area contributed by atoms with Crippen molar-refractivity contribution in [2.24, 2.45) is 11.7 Å². The van der Waals surface area contributed by atoms with E-state index >= 15 is 0 Å². The summed E-state index contributed by atoms with van der Waals surface area (Å²) >= 11 is 0. The molecule has 2 fully saturated rings. The summed E-state index contributed by atoms with van der Waals surface area (Å²) in [6.07, 6.45) is 4.35. The van der Waals surface area contributed by atoms with Crippen molar-refractivity contribution < 1.29 is 5.11 Å². The fourth-order valence-electron chi connectivity index (χ4n) is 1.88. The van der Waals surface area contributed by atoms with Gasteiger partial charge in [-0.1, -0.05) is 0 Å². The maximum Gasteiger partial charge on any atom is 0.110 e. The highest BCUT2D eigenvalue weighted by atomic mass is 16.3. The minimum Gasteiger partial charge on any atom is -0.378 e. The Kier molecular flexibility index (Phi) is 2.35. The van der Waals surface area contributed by atoms with Crippen LogP contribution in [0.15, 0.2) is 0 Å². The summed E-state index contributed by atoms with van der Waals surface area (Å²) in [5.41, 5.74) is 5.78. The lowest BCUT2D eigenvalue weighted by molar-refractivity contribution is -0.0258. The Morgan fingerprint density at radius 2 is 1.75 bits per heavy atom. The predicted molar refractivity (Wildman–Crippen MR) is 47.5 cm³/mol. The number of nitrogens with zero attached hydrogens (tertiary/aromatic N) is 1. The first-order chi connectivity index (χ1) is 5.77. The van der Waals surface area contributed by atoms with Crippen LogP contribution in [0.5, 0.6) is 0 Å². The molecule has 2 aliphatic rings. The van der Waals surface area contributed by atoms with Gasteiger partial charge in [0.2, 0.25) is 0 Å². The zero-order valence-corrected chi connectivity index (χ0v) is 7.45. The van der Waals surface area contributed by atoms with Crippen molar-refractivity contribution >= 4 is 0 Å². The Bertz CT molecular complexity index is 151. The van der Waals surface area contributed by atoms with Crippen LogP contribution in [-0.4, -0.2) is 35.4 Å². The maximum absolute atomic E-state index is 9.79. The quantitative estimate of drug-likeness (QED) is 0.619. The summed E-state index contributed by atoms with van der Waals surface area (Å²) in [6, 6.07) is 0.368. The van der Waals surface area contributed by atoms with Gasteiger partial charge in [-0.2, -0.15) is 0 Å². The molecule has 0 aromatic rings. The van der Waals surface area contributed by atoms with Crippen molar-refractivity contribution in [1.29, 1.82) is 0 Å². The van der Waals surface area contributed by atoms with Crippen LogP contribution < -0.4 is 5.73 Å². The van der Waals surface area contributed by atoms with Crippen LogP contribution in [0.25, 0.3) is 0 Å². The van der Waals surface area contributed by atoms with Crippen molar-refractivity contribution in [3.05, 3.63) is 0 Å². The summed E-state index contributed by atoms with van der Waals surface area (Å²) in [4.78, 5) is 2.18. The van der Waals surface area contributed by atoms with E-state index in [2.05, 4.69) is 4.90 Å². The topological polar surface area (TPSA) is 49.5 Å². The van der Waals surface area contributed by atoms with Crippen LogP contribution >= 0.6 is 0 Å². The minimum absolute atomic E-state index is 0.169. The molecule has 1 unspecified atom stereocenters. The number of piperidine rings is 1. The van der Waals surface area contributed by atoms with Crippen LogP contribution in [0.3, 0.4) is 0 Å². The molecule has 12 heavy (non-hydrogen) atoms. The van der Waals surface area contributed by atoms with Gasteiger partial charge in [-0.15, -0.1) is 0 Å². The highest BCUT2D eigenvalue weighted by molar-refractivity contribution is 4.84. The SMILES string of the molecule is NC1CCN(C(O)C2CC2)CC1. The average Bonchev–Trinajstić information content (AvgIpc) is 2.87. The molecular formula is C9H18N2O. The molecule has 1 atom stereocenters. The Balaban J connectivity index is 1.80. The third kappa shape index (κ3) is 1.79. The van der Waals surface area contributed by atoms with E-state index in [-0.39, 0.29) is 6.23 Å². The number of aliphatic hydroxyl groups is 1. The van der Waals surface area contributed by atoms with E-state index in [4.69, 9.17) is 5.73 Å². The van der Waals surface area contributed by atoms with Gasteiger partial charge < -0.3 is 10.8 Å². The molecule has 70 valence electrons. The first-order valence-electron chi connectivity index (χ1n) is 4.95. The Labute approximate surface area is 73.5 Å². The van der Waals surface area contributed by atoms with E-state index in [0.29, 0.717) is 12.0 Å². The molecule has 0 radical (unpaired) electrons. The maximum atomic E-state index is 9.79. The molecule has 0 aromatic carbocycles. The normalized spacial score (nSPS) is 30.5. The summed E-state index contributed by atoms with van der Waals surface area (Å²) in [5.74, 6) is 0.569. The lowest BCUT2D eigenvalue weighted by Crippen LogP contribution is -2.45. The van der Waals surface area contributed by atoms with E-state index in [9.17, 15) is 5.11 Å². The smallest absolute Gasteiger partial charge is 0.110 e. The zero-order valence-electron chi connectivity index (χ0n) is 7.45. The minimum atomic E-state index is -0.169. The first kappa shape index (κ1) is 8.48. The summed E-state index contributed by atoms with van der Waals surface area (Å²) < 4.78 is 0. The molecule has 3 nitrogen and oxygen atoms in total. The molecule has 0 aromatic heterocycles. The lowest BCUT2D eigenvalue weighted by Gasteiger charge is -2.33. The van der Waals surface area contributed by atoms with Gasteiger partial charge in [0.25, 0.3) is 0 Å². The highest BCUT2D eigenvalue weighted by Gasteiger charge is 2.34. The zero-order chi connectivity index (χ0) is 8.55. The second-order valence-corrected chi connectivity index (χ2v) is 4.12. The lowest BCUT2D eigenvalue weighted by atomic mass is 10.1. The average molecular weight is 170 g/mol. The van der Waals surface area contributed by atoms with Gasteiger partial charge in [-0.25, -0.2) is 0 Å². The Morgan fingerprint density at radius 1 is 1.17 bits per heavy atom. The van der Waals surface area contributed by atoms with Crippen molar-refractivity contribution in [3.63, 3.8) is 0 Å². The molecule has 1 aliphatic carbocycles. The standard InChI is InChI=1S/C9H18N2O/c10-8-3-5-11(6-4-8)9(12)7-1-2-7/h7-9,12H,1-6,10H2. The van der Waals surface area contributed by atoms with Gasteiger partial charge in [0.1, 0.15) is 6.23 Å². The highest BCUT2D eigenvalue weighted by Crippen LogP contribution is 2.34. The van der Waals surface area contributed by atoms with Crippen LogP contribution in [0, 0.1) is 5.92 Å². The van der Waals surface area contributed by atoms with Crippen molar-refractivity contribution in [2.75, 3.05) is 13.1 Å². The number of nitrogens with two attached hydrogens (primary N) is 1. The van der Waals surface area contributed by atoms with Crippen molar-refractivity contribution in [1.82, 2.24) is 4.90 Å². The van der Waals surface area contributed by atoms with Crippen LogP contribution in [0.1, 0.15) is 25.7 Å². The fraction of sp³-hybridized carbons (Fsp3) is 1.00. The van der Waals surface area contributed by atoms with E-state index in [0.717, 1.165) is 25.9 Å². The summed E-state index contributed by atoms with van der Waals surface area (Å²) in [6.45, 7) is 1.97. The van der Waals surface area contributed by atoms with Gasteiger partial charge in [0.05, 0.1) is 0 Å². The number of hydrogen-bond acceptors (Lipinski definition) is 3. The number of aliphatic hydroxyl groups excluding tert-OH is 1. The van der Waals surface area contributed by atoms with Crippen LogP contribution in [0.2, 0.25) is 0 Å². The second-order valence-electron chi connectivity index (χ2n) is 4.12. The summed E-state index contributed by atoms with van der Waals surface area (Å²) in [7, 11) is 0. The van der Waals surface area contributed by atoms with Crippen LogP contribution in [-0.2, 0) is 0 Å². The summed E-state index contributed by atoms with van der Waals surface area (Å²) in [5, 5.41) is 9.79. The van der Waals surface area contributed by atoms with E-state index in [1.165, 1.54) is 12.8 Å². The molecule has 3 heteroatoms. The molecular weight excluding hydrogens is 152 g/mol. The van der Waals surface area contributed by atoms with Crippen molar-refractivity contribution in [2.45, 2.75) is 38.0 Å². The predicted octanol–water partition coefficient (Wildman–Crippen LogP) is 0.138. The molecule has 0 amide bonds. The Hall–Kier alpha value is -0.120.